The minimum atomic E-state index is -0.607. The standard InChI is InChI=1S/C22H24ClF2N5O/c1-2-3-8-27-21-10-20(18(25)13-29-21)30-9-7-19(14(11-26)22(30)31)28-12-15-16(23)5-4-6-17(15)24/h4-6,10-11,13H,2-3,7-9,12,26H2,1H3,(H,27,29)/b14-11+,28-19?. The molecule has 1 fully saturated rings. The second-order valence-electron chi connectivity index (χ2n) is 7.05. The fourth-order valence-electron chi connectivity index (χ4n) is 3.27. The maximum Gasteiger partial charge on any atom is 0.261 e. The van der Waals surface area contributed by atoms with E-state index in [1.807, 2.05) is 0 Å². The van der Waals surface area contributed by atoms with Gasteiger partial charge in [0.2, 0.25) is 0 Å². The Morgan fingerprint density at radius 2 is 2.16 bits per heavy atom. The van der Waals surface area contributed by atoms with Gasteiger partial charge in [-0.15, -0.1) is 0 Å². The molecule has 6 nitrogen and oxygen atoms in total. The topological polar surface area (TPSA) is 83.6 Å². The molecule has 1 aliphatic rings. The predicted octanol–water partition coefficient (Wildman–Crippen LogP) is 4.45. The number of aromatic nitrogens is 1. The summed E-state index contributed by atoms with van der Waals surface area (Å²) in [5.41, 5.74) is 6.63. The largest absolute Gasteiger partial charge is 0.404 e. The summed E-state index contributed by atoms with van der Waals surface area (Å²) >= 11 is 6.05. The summed E-state index contributed by atoms with van der Waals surface area (Å²) in [6, 6.07) is 5.90. The predicted molar refractivity (Wildman–Crippen MR) is 119 cm³/mol. The number of carbonyl (C=O) groups is 1. The molecule has 0 aliphatic carbocycles. The molecule has 1 amide bonds. The number of pyridine rings is 1. The maximum atomic E-state index is 14.5. The second kappa shape index (κ2) is 10.3. The number of carbonyl (C=O) groups excluding carboxylic acids is 1. The summed E-state index contributed by atoms with van der Waals surface area (Å²) in [5.74, 6) is -1.06. The fraction of sp³-hybridized carbons (Fsp3) is 0.318. The highest BCUT2D eigenvalue weighted by Crippen LogP contribution is 2.28. The van der Waals surface area contributed by atoms with E-state index in [-0.39, 0.29) is 34.9 Å². The van der Waals surface area contributed by atoms with Crippen LogP contribution in [0.5, 0.6) is 0 Å². The minimum absolute atomic E-state index is 0.0272. The molecule has 0 unspecified atom stereocenters. The Hall–Kier alpha value is -3.00. The van der Waals surface area contributed by atoms with Gasteiger partial charge < -0.3 is 16.0 Å². The molecular formula is C22H24ClF2N5O. The number of nitrogens with one attached hydrogen (secondary N) is 1. The Morgan fingerprint density at radius 3 is 2.87 bits per heavy atom. The van der Waals surface area contributed by atoms with Crippen LogP contribution in [0.1, 0.15) is 31.7 Å². The van der Waals surface area contributed by atoms with Crippen LogP contribution in [0.25, 0.3) is 0 Å². The van der Waals surface area contributed by atoms with Gasteiger partial charge in [0.25, 0.3) is 5.91 Å². The molecule has 3 rings (SSSR count). The van der Waals surface area contributed by atoms with Crippen molar-refractivity contribution < 1.29 is 13.6 Å². The molecule has 0 spiro atoms. The van der Waals surface area contributed by atoms with E-state index in [2.05, 4.69) is 22.2 Å². The van der Waals surface area contributed by atoms with Crippen molar-refractivity contribution in [1.29, 1.82) is 0 Å². The summed E-state index contributed by atoms with van der Waals surface area (Å²) in [4.78, 5) is 22.7. The smallest absolute Gasteiger partial charge is 0.261 e. The first-order valence-electron chi connectivity index (χ1n) is 10.1. The number of benzene rings is 1. The van der Waals surface area contributed by atoms with Crippen molar-refractivity contribution in [3.63, 3.8) is 0 Å². The minimum Gasteiger partial charge on any atom is -0.404 e. The van der Waals surface area contributed by atoms with E-state index < -0.39 is 17.5 Å². The third kappa shape index (κ3) is 5.19. The van der Waals surface area contributed by atoms with Crippen LogP contribution in [-0.2, 0) is 11.3 Å². The van der Waals surface area contributed by atoms with Gasteiger partial charge in [0.05, 0.1) is 29.7 Å². The molecule has 31 heavy (non-hydrogen) atoms. The number of piperidine rings is 1. The van der Waals surface area contributed by atoms with Crippen LogP contribution < -0.4 is 16.0 Å². The summed E-state index contributed by atoms with van der Waals surface area (Å²) in [6.45, 7) is 2.94. The first-order chi connectivity index (χ1) is 15.0. The lowest BCUT2D eigenvalue weighted by Gasteiger charge is -2.30. The molecule has 0 saturated carbocycles. The first-order valence-corrected chi connectivity index (χ1v) is 10.4. The molecule has 164 valence electrons. The lowest BCUT2D eigenvalue weighted by atomic mass is 10.0. The van der Waals surface area contributed by atoms with Crippen LogP contribution in [0, 0.1) is 11.6 Å². The summed E-state index contributed by atoms with van der Waals surface area (Å²) in [5, 5.41) is 3.38. The lowest BCUT2D eigenvalue weighted by molar-refractivity contribution is -0.114. The van der Waals surface area contributed by atoms with Crippen molar-refractivity contribution in [2.24, 2.45) is 10.7 Å². The fourth-order valence-corrected chi connectivity index (χ4v) is 3.49. The Labute approximate surface area is 184 Å². The van der Waals surface area contributed by atoms with Crippen LogP contribution in [0.3, 0.4) is 0 Å². The lowest BCUT2D eigenvalue weighted by Crippen LogP contribution is -2.42. The van der Waals surface area contributed by atoms with Crippen molar-refractivity contribution in [2.75, 3.05) is 23.3 Å². The average Bonchev–Trinajstić information content (AvgIpc) is 2.75. The molecule has 1 aliphatic heterocycles. The van der Waals surface area contributed by atoms with E-state index in [1.165, 1.54) is 23.1 Å². The van der Waals surface area contributed by atoms with Gasteiger partial charge in [-0.05, 0) is 18.6 Å². The molecule has 1 aromatic heterocycles. The van der Waals surface area contributed by atoms with Crippen molar-refractivity contribution in [2.45, 2.75) is 32.7 Å². The van der Waals surface area contributed by atoms with Crippen LogP contribution in [-0.4, -0.2) is 29.7 Å². The molecule has 9 heteroatoms. The SMILES string of the molecule is CCCCNc1cc(N2CCC(=NCc3c(F)cccc3Cl)/C(=C\N)C2=O)c(F)cn1. The molecule has 1 aromatic carbocycles. The highest BCUT2D eigenvalue weighted by Gasteiger charge is 2.31. The number of rotatable bonds is 7. The van der Waals surface area contributed by atoms with Gasteiger partial charge in [0.15, 0.2) is 5.82 Å². The number of amides is 1. The molecule has 3 N–H and O–H groups in total. The second-order valence-corrected chi connectivity index (χ2v) is 7.46. The van der Waals surface area contributed by atoms with Crippen LogP contribution in [0.15, 0.2) is 47.2 Å². The molecule has 0 bridgehead atoms. The van der Waals surface area contributed by atoms with E-state index >= 15 is 0 Å². The third-order valence-corrected chi connectivity index (χ3v) is 5.33. The van der Waals surface area contributed by atoms with Gasteiger partial charge >= 0.3 is 0 Å². The van der Waals surface area contributed by atoms with Gasteiger partial charge in [-0.1, -0.05) is 31.0 Å². The zero-order valence-electron chi connectivity index (χ0n) is 17.2. The van der Waals surface area contributed by atoms with Gasteiger partial charge in [-0.2, -0.15) is 0 Å². The van der Waals surface area contributed by atoms with E-state index in [1.54, 1.807) is 6.07 Å². The van der Waals surface area contributed by atoms with E-state index in [0.29, 0.717) is 24.5 Å². The normalized spacial score (nSPS) is 16.9. The number of anilines is 2. The van der Waals surface area contributed by atoms with Crippen LogP contribution in [0.2, 0.25) is 5.02 Å². The van der Waals surface area contributed by atoms with Crippen molar-refractivity contribution >= 4 is 34.7 Å². The quantitative estimate of drug-likeness (QED) is 0.485. The number of nitrogens with two attached hydrogens (primary N) is 1. The molecular weight excluding hydrogens is 424 g/mol. The highest BCUT2D eigenvalue weighted by molar-refractivity contribution is 6.31. The van der Waals surface area contributed by atoms with Gasteiger partial charge in [-0.25, -0.2) is 13.8 Å². The summed E-state index contributed by atoms with van der Waals surface area (Å²) in [6.07, 6.45) is 4.53. The van der Waals surface area contributed by atoms with Gasteiger partial charge in [-0.3, -0.25) is 9.79 Å². The monoisotopic (exact) mass is 447 g/mol. The Kier molecular flexibility index (Phi) is 7.57. The zero-order valence-corrected chi connectivity index (χ0v) is 17.9. The van der Waals surface area contributed by atoms with Gasteiger partial charge in [0.1, 0.15) is 11.6 Å². The molecule has 2 aromatic rings. The number of nitrogens with zero attached hydrogens (tertiary/aromatic N) is 3. The number of aliphatic imine (C=N–C) groups is 1. The molecule has 1 saturated heterocycles. The van der Waals surface area contributed by atoms with Crippen molar-refractivity contribution in [3.05, 3.63) is 64.5 Å². The average molecular weight is 448 g/mol. The van der Waals surface area contributed by atoms with Crippen molar-refractivity contribution in [1.82, 2.24) is 4.98 Å². The van der Waals surface area contributed by atoms with E-state index in [4.69, 9.17) is 17.3 Å². The third-order valence-electron chi connectivity index (χ3n) is 4.98. The van der Waals surface area contributed by atoms with Gasteiger partial charge in [0, 0.05) is 42.4 Å². The van der Waals surface area contributed by atoms with E-state index in [0.717, 1.165) is 25.2 Å². The molecule has 0 atom stereocenters. The Bertz CT molecular complexity index is 1000. The zero-order chi connectivity index (χ0) is 22.4. The molecule has 0 radical (unpaired) electrons. The van der Waals surface area contributed by atoms with E-state index in [9.17, 15) is 13.6 Å². The summed E-state index contributed by atoms with van der Waals surface area (Å²) in [7, 11) is 0. The van der Waals surface area contributed by atoms with Crippen LogP contribution in [0.4, 0.5) is 20.3 Å². The number of hydrogen-bond donors (Lipinski definition) is 2. The maximum absolute atomic E-state index is 14.5. The Balaban J connectivity index is 1.81. The highest BCUT2D eigenvalue weighted by atomic mass is 35.5. The Morgan fingerprint density at radius 1 is 1.35 bits per heavy atom. The number of unbranched alkanes of at least 4 members (excludes halogenated alkanes) is 1. The van der Waals surface area contributed by atoms with Crippen LogP contribution >= 0.6 is 11.6 Å². The first kappa shape index (κ1) is 22.7. The summed E-state index contributed by atoms with van der Waals surface area (Å²) < 4.78 is 28.5. The number of hydrogen-bond acceptors (Lipinski definition) is 5. The molecule has 2 heterocycles. The van der Waals surface area contributed by atoms with Crippen molar-refractivity contribution in [3.8, 4) is 0 Å². The number of halogens is 3.